The quantitative estimate of drug-likeness (QED) is 0.608. The third kappa shape index (κ3) is 3.92. The van der Waals surface area contributed by atoms with Gasteiger partial charge in [-0.3, -0.25) is 10.1 Å². The zero-order valence-electron chi connectivity index (χ0n) is 10.1. The lowest BCUT2D eigenvalue weighted by Crippen LogP contribution is -2.06. The van der Waals surface area contributed by atoms with E-state index in [4.69, 9.17) is 16.3 Å². The predicted octanol–water partition coefficient (Wildman–Crippen LogP) is 3.55. The number of hydrogen-bond acceptors (Lipinski definition) is 4. The van der Waals surface area contributed by atoms with Crippen LogP contribution in [-0.4, -0.2) is 18.1 Å². The Kier molecular flexibility index (Phi) is 5.45. The van der Waals surface area contributed by atoms with Crippen LogP contribution in [0.2, 0.25) is 0 Å². The first-order valence-corrected chi connectivity index (χ1v) is 5.91. The van der Waals surface area contributed by atoms with Crippen LogP contribution in [0.3, 0.4) is 0 Å². The molecular weight excluding hydrogens is 256 g/mol. The fraction of sp³-hybridized carbons (Fsp3) is 0.333. The van der Waals surface area contributed by atoms with Gasteiger partial charge in [0.2, 0.25) is 0 Å². The van der Waals surface area contributed by atoms with Crippen molar-refractivity contribution in [2.45, 2.75) is 13.3 Å². The molecule has 1 rings (SSSR count). The third-order valence-electron chi connectivity index (χ3n) is 2.11. The first kappa shape index (κ1) is 14.3. The van der Waals surface area contributed by atoms with E-state index in [-0.39, 0.29) is 18.0 Å². The van der Waals surface area contributed by atoms with Crippen molar-refractivity contribution >= 4 is 23.0 Å². The van der Waals surface area contributed by atoms with Crippen LogP contribution in [0.1, 0.15) is 13.3 Å². The van der Waals surface area contributed by atoms with Gasteiger partial charge in [-0.05, 0) is 18.6 Å². The van der Waals surface area contributed by atoms with Crippen molar-refractivity contribution in [3.8, 4) is 5.75 Å². The maximum Gasteiger partial charge on any atom is 0.333 e. The molecule has 0 heterocycles. The molecule has 0 saturated heterocycles. The van der Waals surface area contributed by atoms with Gasteiger partial charge in [-0.15, -0.1) is 0 Å². The number of halogens is 1. The number of ether oxygens (including phenoxy) is 1. The highest BCUT2D eigenvalue weighted by Gasteiger charge is 2.20. The summed E-state index contributed by atoms with van der Waals surface area (Å²) in [5.74, 6) is 0.257. The second-order valence-electron chi connectivity index (χ2n) is 3.63. The molecule has 0 atom stereocenters. The second kappa shape index (κ2) is 6.86. The molecule has 0 fully saturated rings. The lowest BCUT2D eigenvalue weighted by atomic mass is 10.2. The number of benzene rings is 1. The summed E-state index contributed by atoms with van der Waals surface area (Å²) in [6.45, 7) is 6.16. The van der Waals surface area contributed by atoms with Gasteiger partial charge in [-0.25, -0.2) is 0 Å². The molecule has 0 saturated carbocycles. The number of nitrogens with zero attached hydrogens (tertiary/aromatic N) is 1. The molecular formula is C12H15ClN2O3. The molecule has 1 N–H and O–H groups in total. The number of nitro benzene ring substituents is 1. The lowest BCUT2D eigenvalue weighted by molar-refractivity contribution is -0.384. The van der Waals surface area contributed by atoms with Gasteiger partial charge in [0.15, 0.2) is 5.75 Å². The van der Waals surface area contributed by atoms with Gasteiger partial charge >= 0.3 is 5.69 Å². The Balaban J connectivity index is 3.01. The molecule has 0 radical (unpaired) electrons. The molecule has 0 aliphatic carbocycles. The highest BCUT2D eigenvalue weighted by Crippen LogP contribution is 2.34. The maximum atomic E-state index is 11.1. The van der Waals surface area contributed by atoms with Crippen molar-refractivity contribution in [3.63, 3.8) is 0 Å². The summed E-state index contributed by atoms with van der Waals surface area (Å²) in [5.41, 5.74) is 0.291. The summed E-state index contributed by atoms with van der Waals surface area (Å²) in [6.07, 6.45) is 0.785. The highest BCUT2D eigenvalue weighted by molar-refractivity contribution is 6.29. The first-order chi connectivity index (χ1) is 8.56. The zero-order valence-corrected chi connectivity index (χ0v) is 10.9. The van der Waals surface area contributed by atoms with Crippen LogP contribution in [0.25, 0.3) is 0 Å². The Morgan fingerprint density at radius 3 is 2.89 bits per heavy atom. The average molecular weight is 271 g/mol. The molecule has 0 bridgehead atoms. The van der Waals surface area contributed by atoms with Crippen LogP contribution >= 0.6 is 11.6 Å². The van der Waals surface area contributed by atoms with E-state index in [1.165, 1.54) is 0 Å². The Labute approximate surface area is 111 Å². The van der Waals surface area contributed by atoms with Gasteiger partial charge in [-0.2, -0.15) is 0 Å². The van der Waals surface area contributed by atoms with E-state index in [0.29, 0.717) is 17.3 Å². The second-order valence-corrected chi connectivity index (χ2v) is 4.16. The number of nitro groups is 1. The van der Waals surface area contributed by atoms with E-state index in [0.717, 1.165) is 6.42 Å². The van der Waals surface area contributed by atoms with Crippen molar-refractivity contribution in [3.05, 3.63) is 39.9 Å². The fourth-order valence-electron chi connectivity index (χ4n) is 1.37. The van der Waals surface area contributed by atoms with E-state index in [1.54, 1.807) is 18.2 Å². The van der Waals surface area contributed by atoms with Crippen molar-refractivity contribution in [1.29, 1.82) is 0 Å². The van der Waals surface area contributed by atoms with Gasteiger partial charge in [0.25, 0.3) is 0 Å². The normalized spacial score (nSPS) is 9.89. The molecule has 1 aromatic carbocycles. The van der Waals surface area contributed by atoms with E-state index in [1.807, 2.05) is 6.92 Å². The standard InChI is InChI=1S/C12H15ClN2O3/c1-3-7-18-11-6-4-5-10(12(11)15(16)17)14-8-9(2)13/h4-6,14H,2-3,7-8H2,1H3. The summed E-state index contributed by atoms with van der Waals surface area (Å²) in [7, 11) is 0. The van der Waals surface area contributed by atoms with Gasteiger partial charge < -0.3 is 10.1 Å². The number of hydrogen-bond donors (Lipinski definition) is 1. The number of rotatable bonds is 7. The maximum absolute atomic E-state index is 11.1. The largest absolute Gasteiger partial charge is 0.487 e. The minimum Gasteiger partial charge on any atom is -0.487 e. The van der Waals surface area contributed by atoms with Crippen LogP contribution in [0.4, 0.5) is 11.4 Å². The lowest BCUT2D eigenvalue weighted by Gasteiger charge is -2.10. The summed E-state index contributed by atoms with van der Waals surface area (Å²) >= 11 is 5.62. The Morgan fingerprint density at radius 2 is 2.33 bits per heavy atom. The minimum absolute atomic E-state index is 0.0798. The van der Waals surface area contributed by atoms with Gasteiger partial charge in [-0.1, -0.05) is 31.2 Å². The van der Waals surface area contributed by atoms with E-state index >= 15 is 0 Å². The molecule has 5 nitrogen and oxygen atoms in total. The fourth-order valence-corrected chi connectivity index (χ4v) is 1.44. The highest BCUT2D eigenvalue weighted by atomic mass is 35.5. The Bertz CT molecular complexity index is 449. The van der Waals surface area contributed by atoms with E-state index < -0.39 is 4.92 Å². The van der Waals surface area contributed by atoms with E-state index in [2.05, 4.69) is 11.9 Å². The third-order valence-corrected chi connectivity index (χ3v) is 2.25. The van der Waals surface area contributed by atoms with E-state index in [9.17, 15) is 10.1 Å². The number of nitrogens with one attached hydrogen (secondary N) is 1. The Morgan fingerprint density at radius 1 is 1.61 bits per heavy atom. The molecule has 0 aromatic heterocycles. The molecule has 0 aliphatic rings. The first-order valence-electron chi connectivity index (χ1n) is 5.53. The summed E-state index contributed by atoms with van der Waals surface area (Å²) in [6, 6.07) is 4.88. The minimum atomic E-state index is -0.468. The monoisotopic (exact) mass is 270 g/mol. The molecule has 18 heavy (non-hydrogen) atoms. The van der Waals surface area contributed by atoms with Crippen molar-refractivity contribution < 1.29 is 9.66 Å². The Hall–Kier alpha value is -1.75. The number of anilines is 1. The molecule has 6 heteroatoms. The van der Waals surface area contributed by atoms with Crippen molar-refractivity contribution in [2.24, 2.45) is 0 Å². The van der Waals surface area contributed by atoms with Crippen LogP contribution in [-0.2, 0) is 0 Å². The summed E-state index contributed by atoms with van der Waals surface area (Å²) in [4.78, 5) is 10.6. The smallest absolute Gasteiger partial charge is 0.333 e. The molecule has 98 valence electrons. The van der Waals surface area contributed by atoms with Gasteiger partial charge in [0, 0.05) is 5.03 Å². The van der Waals surface area contributed by atoms with Crippen molar-refractivity contribution in [2.75, 3.05) is 18.5 Å². The SMILES string of the molecule is C=C(Cl)CNc1cccc(OCCC)c1[N+](=O)[O-]. The molecule has 0 unspecified atom stereocenters. The zero-order chi connectivity index (χ0) is 13.5. The average Bonchev–Trinajstić information content (AvgIpc) is 2.33. The van der Waals surface area contributed by atoms with Gasteiger partial charge in [0.05, 0.1) is 18.1 Å². The topological polar surface area (TPSA) is 64.4 Å². The number of para-hydroxylation sites is 1. The predicted molar refractivity (Wildman–Crippen MR) is 72.4 cm³/mol. The van der Waals surface area contributed by atoms with Crippen molar-refractivity contribution in [1.82, 2.24) is 0 Å². The molecule has 1 aromatic rings. The summed E-state index contributed by atoms with van der Waals surface area (Å²) < 4.78 is 5.36. The molecule has 0 spiro atoms. The summed E-state index contributed by atoms with van der Waals surface area (Å²) in [5, 5.41) is 14.3. The van der Waals surface area contributed by atoms with Crippen LogP contribution < -0.4 is 10.1 Å². The van der Waals surface area contributed by atoms with Crippen LogP contribution in [0.5, 0.6) is 5.75 Å². The van der Waals surface area contributed by atoms with Crippen LogP contribution in [0.15, 0.2) is 29.8 Å². The molecule has 0 aliphatic heterocycles. The van der Waals surface area contributed by atoms with Crippen LogP contribution in [0, 0.1) is 10.1 Å². The molecule has 0 amide bonds. The van der Waals surface area contributed by atoms with Gasteiger partial charge in [0.1, 0.15) is 5.69 Å².